The number of nitrogens with one attached hydrogen (secondary N) is 1. The molecular weight excluding hydrogens is 479 g/mol. The lowest BCUT2D eigenvalue weighted by Crippen LogP contribution is -2.13. The summed E-state index contributed by atoms with van der Waals surface area (Å²) < 4.78 is 1.81. The number of hydrogen-bond donors (Lipinski definition) is 1. The molecule has 26 heavy (non-hydrogen) atoms. The zero-order valence-corrected chi connectivity index (χ0v) is 17.1. The van der Waals surface area contributed by atoms with Crippen molar-refractivity contribution in [3.63, 3.8) is 0 Å². The van der Waals surface area contributed by atoms with Crippen molar-refractivity contribution < 1.29 is 4.79 Å². The third-order valence-corrected chi connectivity index (χ3v) is 5.86. The van der Waals surface area contributed by atoms with Gasteiger partial charge >= 0.3 is 0 Å². The number of rotatable bonds is 3. The van der Waals surface area contributed by atoms with E-state index in [-0.39, 0.29) is 5.91 Å². The molecule has 1 amide bonds. The molecule has 0 bridgehead atoms. The van der Waals surface area contributed by atoms with E-state index in [2.05, 4.69) is 27.9 Å². The Balaban J connectivity index is 1.79. The Labute approximate surface area is 173 Å². The summed E-state index contributed by atoms with van der Waals surface area (Å²) in [6.45, 7) is 0. The van der Waals surface area contributed by atoms with Crippen molar-refractivity contribution in [1.82, 2.24) is 4.98 Å². The van der Waals surface area contributed by atoms with Crippen LogP contribution in [0.25, 0.3) is 21.5 Å². The van der Waals surface area contributed by atoms with Crippen LogP contribution in [0.15, 0.2) is 66.7 Å². The first kappa shape index (κ1) is 17.5. The third kappa shape index (κ3) is 3.60. The summed E-state index contributed by atoms with van der Waals surface area (Å²) in [7, 11) is 0. The Bertz CT molecular complexity index is 1110. The van der Waals surface area contributed by atoms with E-state index in [4.69, 9.17) is 16.6 Å². The molecule has 0 aliphatic rings. The molecule has 4 aromatic rings. The minimum absolute atomic E-state index is 0.159. The molecular formula is C20H12ClIN2OS. The summed E-state index contributed by atoms with van der Waals surface area (Å²) >= 11 is 9.74. The van der Waals surface area contributed by atoms with Crippen LogP contribution in [-0.2, 0) is 0 Å². The van der Waals surface area contributed by atoms with Crippen molar-refractivity contribution in [1.29, 1.82) is 0 Å². The van der Waals surface area contributed by atoms with E-state index in [0.717, 1.165) is 30.7 Å². The lowest BCUT2D eigenvalue weighted by atomic mass is 10.1. The maximum Gasteiger partial charge on any atom is 0.256 e. The van der Waals surface area contributed by atoms with Crippen LogP contribution in [0.2, 0.25) is 4.34 Å². The van der Waals surface area contributed by atoms with Crippen LogP contribution in [0, 0.1) is 3.57 Å². The number of para-hydroxylation sites is 1. The van der Waals surface area contributed by atoms with Gasteiger partial charge in [-0.3, -0.25) is 4.79 Å². The van der Waals surface area contributed by atoms with Gasteiger partial charge in [-0.25, -0.2) is 4.98 Å². The van der Waals surface area contributed by atoms with Crippen LogP contribution < -0.4 is 5.32 Å². The highest BCUT2D eigenvalue weighted by molar-refractivity contribution is 14.1. The number of pyridine rings is 1. The van der Waals surface area contributed by atoms with Crippen LogP contribution in [0.5, 0.6) is 0 Å². The Morgan fingerprint density at radius 2 is 1.81 bits per heavy atom. The average Bonchev–Trinajstić information content (AvgIpc) is 3.09. The number of fused-ring (bicyclic) bond motifs is 1. The third-order valence-electron chi connectivity index (χ3n) is 3.89. The van der Waals surface area contributed by atoms with Gasteiger partial charge in [0, 0.05) is 14.6 Å². The predicted octanol–water partition coefficient (Wildman–Crippen LogP) is 6.47. The SMILES string of the molecule is O=C(Nc1ccc(I)cc1)c1cc(-c2ccc(Cl)s2)nc2ccccc12. The van der Waals surface area contributed by atoms with E-state index in [1.165, 1.54) is 11.3 Å². The lowest BCUT2D eigenvalue weighted by molar-refractivity contribution is 0.102. The van der Waals surface area contributed by atoms with Gasteiger partial charge < -0.3 is 5.32 Å². The average molecular weight is 491 g/mol. The second-order valence-corrected chi connectivity index (χ2v) is 8.60. The van der Waals surface area contributed by atoms with Crippen LogP contribution in [0.1, 0.15) is 10.4 Å². The molecule has 2 aromatic heterocycles. The van der Waals surface area contributed by atoms with E-state index in [1.54, 1.807) is 0 Å². The minimum Gasteiger partial charge on any atom is -0.322 e. The maximum absolute atomic E-state index is 12.9. The summed E-state index contributed by atoms with van der Waals surface area (Å²) in [6.07, 6.45) is 0. The molecule has 0 radical (unpaired) electrons. The summed E-state index contributed by atoms with van der Waals surface area (Å²) in [5.41, 5.74) is 2.88. The number of anilines is 1. The molecule has 2 heterocycles. The first-order valence-electron chi connectivity index (χ1n) is 7.82. The number of halogens is 2. The molecule has 128 valence electrons. The molecule has 0 spiro atoms. The fraction of sp³-hybridized carbons (Fsp3) is 0. The molecule has 0 atom stereocenters. The van der Waals surface area contributed by atoms with Gasteiger partial charge in [-0.1, -0.05) is 29.8 Å². The van der Waals surface area contributed by atoms with Crippen LogP contribution in [-0.4, -0.2) is 10.9 Å². The number of aromatic nitrogens is 1. The first-order chi connectivity index (χ1) is 12.6. The molecule has 0 unspecified atom stereocenters. The highest BCUT2D eigenvalue weighted by Crippen LogP contribution is 2.32. The summed E-state index contributed by atoms with van der Waals surface area (Å²) in [5.74, 6) is -0.159. The number of thiophene rings is 1. The van der Waals surface area contributed by atoms with Crippen LogP contribution >= 0.6 is 45.5 Å². The van der Waals surface area contributed by atoms with Gasteiger partial charge in [-0.15, -0.1) is 11.3 Å². The smallest absolute Gasteiger partial charge is 0.256 e. The Morgan fingerprint density at radius 1 is 1.04 bits per heavy atom. The van der Waals surface area contributed by atoms with Crippen molar-refractivity contribution >= 4 is 68.0 Å². The zero-order valence-electron chi connectivity index (χ0n) is 13.4. The number of carbonyl (C=O) groups excluding carboxylic acids is 1. The van der Waals surface area contributed by atoms with Crippen molar-refractivity contribution in [2.75, 3.05) is 5.32 Å². The number of nitrogens with zero attached hydrogens (tertiary/aromatic N) is 1. The molecule has 1 N–H and O–H groups in total. The normalized spacial score (nSPS) is 10.8. The number of carbonyl (C=O) groups is 1. The maximum atomic E-state index is 12.9. The number of benzene rings is 2. The quantitative estimate of drug-likeness (QED) is 0.334. The lowest BCUT2D eigenvalue weighted by Gasteiger charge is -2.10. The Kier molecular flexibility index (Phi) is 4.93. The number of amides is 1. The van der Waals surface area contributed by atoms with Crippen molar-refractivity contribution in [3.05, 3.63) is 80.2 Å². The summed E-state index contributed by atoms with van der Waals surface area (Å²) in [6, 6.07) is 20.9. The second-order valence-electron chi connectivity index (χ2n) is 5.64. The molecule has 3 nitrogen and oxygen atoms in total. The zero-order chi connectivity index (χ0) is 18.1. The highest BCUT2D eigenvalue weighted by atomic mass is 127. The largest absolute Gasteiger partial charge is 0.322 e. The standard InChI is InChI=1S/C20H12ClIN2OS/c21-19-10-9-18(26-19)17-11-15(14-3-1-2-4-16(14)24-17)20(25)23-13-7-5-12(22)6-8-13/h1-11H,(H,23,25). The highest BCUT2D eigenvalue weighted by Gasteiger charge is 2.15. The predicted molar refractivity (Wildman–Crippen MR) is 117 cm³/mol. The molecule has 0 saturated heterocycles. The van der Waals surface area contributed by atoms with Gasteiger partial charge in [0.1, 0.15) is 0 Å². The van der Waals surface area contributed by atoms with E-state index >= 15 is 0 Å². The fourth-order valence-corrected chi connectivity index (χ4v) is 4.04. The van der Waals surface area contributed by atoms with Crippen LogP contribution in [0.3, 0.4) is 0 Å². The van der Waals surface area contributed by atoms with E-state index < -0.39 is 0 Å². The molecule has 0 aliphatic heterocycles. The van der Waals surface area contributed by atoms with Crippen molar-refractivity contribution in [2.24, 2.45) is 0 Å². The monoisotopic (exact) mass is 490 g/mol. The Hall–Kier alpha value is -1.96. The van der Waals surface area contributed by atoms with E-state index in [0.29, 0.717) is 9.90 Å². The molecule has 0 saturated carbocycles. The summed E-state index contributed by atoms with van der Waals surface area (Å²) in [5, 5.41) is 3.79. The fourth-order valence-electron chi connectivity index (χ4n) is 2.67. The first-order valence-corrected chi connectivity index (χ1v) is 10.1. The Morgan fingerprint density at radius 3 is 2.54 bits per heavy atom. The van der Waals surface area contributed by atoms with Gasteiger partial charge in [0.2, 0.25) is 0 Å². The minimum atomic E-state index is -0.159. The van der Waals surface area contributed by atoms with Crippen LogP contribution in [0.4, 0.5) is 5.69 Å². The van der Waals surface area contributed by atoms with Gasteiger partial charge in [0.15, 0.2) is 0 Å². The molecule has 0 aliphatic carbocycles. The van der Waals surface area contributed by atoms with E-state index in [1.807, 2.05) is 66.7 Å². The van der Waals surface area contributed by atoms with Crippen molar-refractivity contribution in [3.8, 4) is 10.6 Å². The van der Waals surface area contributed by atoms with E-state index in [9.17, 15) is 4.79 Å². The molecule has 6 heteroatoms. The van der Waals surface area contributed by atoms with Gasteiger partial charge in [-0.05, 0) is 71.1 Å². The van der Waals surface area contributed by atoms with Gasteiger partial charge in [0.25, 0.3) is 5.91 Å². The summed E-state index contributed by atoms with van der Waals surface area (Å²) in [4.78, 5) is 18.6. The molecule has 0 fully saturated rings. The molecule has 2 aromatic carbocycles. The number of hydrogen-bond acceptors (Lipinski definition) is 3. The van der Waals surface area contributed by atoms with Crippen molar-refractivity contribution in [2.45, 2.75) is 0 Å². The van der Waals surface area contributed by atoms with Gasteiger partial charge in [0.05, 0.1) is 26.0 Å². The topological polar surface area (TPSA) is 42.0 Å². The second kappa shape index (κ2) is 7.34. The van der Waals surface area contributed by atoms with Gasteiger partial charge in [-0.2, -0.15) is 0 Å². The molecule has 4 rings (SSSR count).